The summed E-state index contributed by atoms with van der Waals surface area (Å²) in [5, 5.41) is 13.1. The van der Waals surface area contributed by atoms with Crippen molar-refractivity contribution in [2.45, 2.75) is 45.2 Å². The molecule has 0 radical (unpaired) electrons. The minimum absolute atomic E-state index is 0.0798. The highest BCUT2D eigenvalue weighted by Crippen LogP contribution is 2.32. The van der Waals surface area contributed by atoms with Crippen molar-refractivity contribution >= 4 is 28.4 Å². The van der Waals surface area contributed by atoms with Gasteiger partial charge < -0.3 is 20.5 Å². The fraction of sp³-hybridized carbons (Fsp3) is 0.455. The lowest BCUT2D eigenvalue weighted by atomic mass is 10.0. The van der Waals surface area contributed by atoms with Crippen molar-refractivity contribution in [1.29, 1.82) is 0 Å². The van der Waals surface area contributed by atoms with Gasteiger partial charge in [0.15, 0.2) is 11.5 Å². The maximum atomic E-state index is 14.3. The van der Waals surface area contributed by atoms with Crippen molar-refractivity contribution < 1.29 is 17.6 Å². The fourth-order valence-corrected chi connectivity index (χ4v) is 4.37. The first-order valence-electron chi connectivity index (χ1n) is 11.4. The fourth-order valence-electron chi connectivity index (χ4n) is 4.37. The molecule has 1 aliphatic heterocycles. The Hall–Kier alpha value is -3.48. The van der Waals surface area contributed by atoms with Crippen LogP contribution in [0, 0.1) is 6.92 Å². The van der Waals surface area contributed by atoms with Gasteiger partial charge in [-0.25, -0.2) is 32.0 Å². The van der Waals surface area contributed by atoms with Crippen LogP contribution in [0.25, 0.3) is 27.9 Å². The predicted octanol–water partition coefficient (Wildman–Crippen LogP) is 3.56. The van der Waals surface area contributed by atoms with Gasteiger partial charge in [0.1, 0.15) is 16.9 Å². The quantitative estimate of drug-likeness (QED) is 0.340. The number of hydrogen-bond donors (Lipinski definition) is 3. The Balaban J connectivity index is 1.57. The maximum absolute atomic E-state index is 14.3. The molecule has 1 aliphatic rings. The molecule has 0 unspecified atom stereocenters. The molecule has 3 N–H and O–H groups in total. The van der Waals surface area contributed by atoms with E-state index in [4.69, 9.17) is 0 Å². The lowest BCUT2D eigenvalue weighted by Crippen LogP contribution is -2.53. The molecule has 9 nitrogen and oxygen atoms in total. The first-order chi connectivity index (χ1) is 16.8. The van der Waals surface area contributed by atoms with Gasteiger partial charge in [-0.2, -0.15) is 4.98 Å². The normalized spacial score (nSPS) is 18.0. The number of nitrogens with one attached hydrogen (secondary N) is 3. The Morgan fingerprint density at radius 2 is 2.03 bits per heavy atom. The lowest BCUT2D eigenvalue weighted by molar-refractivity contribution is -0.0324. The van der Waals surface area contributed by atoms with Crippen molar-refractivity contribution in [1.82, 2.24) is 34.4 Å². The number of anilines is 2. The third-order valence-electron chi connectivity index (χ3n) is 6.02. The number of rotatable bonds is 7. The number of pyridine rings is 1. The summed E-state index contributed by atoms with van der Waals surface area (Å²) in [6.07, 6.45) is -0.622. The van der Waals surface area contributed by atoms with Gasteiger partial charge in [0.25, 0.3) is 12.3 Å². The number of fused-ring (bicyclic) bond motifs is 2. The number of hydrogen-bond acceptors (Lipinski definition) is 7. The number of aromatic nitrogens is 6. The zero-order chi connectivity index (χ0) is 24.7. The molecule has 4 aromatic heterocycles. The minimum atomic E-state index is -2.94. The topological polar surface area (TPSA) is 97.0 Å². The lowest BCUT2D eigenvalue weighted by Gasteiger charge is -2.32. The van der Waals surface area contributed by atoms with Gasteiger partial charge in [0.05, 0.1) is 24.8 Å². The maximum Gasteiger partial charge on any atom is 0.280 e. The molecule has 4 aromatic rings. The van der Waals surface area contributed by atoms with Gasteiger partial charge in [-0.05, 0) is 45.0 Å². The van der Waals surface area contributed by atoms with E-state index in [1.54, 1.807) is 35.8 Å². The summed E-state index contributed by atoms with van der Waals surface area (Å²) < 4.78 is 57.8. The van der Waals surface area contributed by atoms with E-state index in [9.17, 15) is 17.6 Å². The smallest absolute Gasteiger partial charge is 0.280 e. The third kappa shape index (κ3) is 4.35. The van der Waals surface area contributed by atoms with Crippen molar-refractivity contribution in [3.63, 3.8) is 0 Å². The zero-order valence-corrected chi connectivity index (χ0v) is 19.2. The van der Waals surface area contributed by atoms with Gasteiger partial charge in [-0.1, -0.05) is 0 Å². The molecular formula is C22H25F4N9. The average Bonchev–Trinajstić information content (AvgIpc) is 3.36. The van der Waals surface area contributed by atoms with Crippen molar-refractivity contribution in [2.75, 3.05) is 30.3 Å². The van der Waals surface area contributed by atoms with E-state index in [2.05, 4.69) is 36.0 Å². The van der Waals surface area contributed by atoms with Crippen LogP contribution in [0.4, 0.5) is 29.3 Å². The van der Waals surface area contributed by atoms with Gasteiger partial charge in [0, 0.05) is 18.3 Å². The summed E-state index contributed by atoms with van der Waals surface area (Å²) in [4.78, 5) is 13.4. The van der Waals surface area contributed by atoms with Crippen LogP contribution >= 0.6 is 0 Å². The van der Waals surface area contributed by atoms with Gasteiger partial charge in [-0.15, -0.1) is 5.10 Å². The molecule has 35 heavy (non-hydrogen) atoms. The number of nitrogens with zero attached hydrogens (tertiary/aromatic N) is 6. The van der Waals surface area contributed by atoms with Crippen LogP contribution < -0.4 is 16.0 Å². The SMILES string of the molecule is CCNc1nc(N[C@@H]2CCNCC2(F)F)nn2ccc(-c3ccc4nc(C)n(CC(F)F)c4n3)c12. The van der Waals surface area contributed by atoms with Crippen LogP contribution in [0.5, 0.6) is 0 Å². The van der Waals surface area contributed by atoms with Gasteiger partial charge in [-0.3, -0.25) is 0 Å². The second kappa shape index (κ2) is 8.95. The number of imidazole rings is 1. The monoisotopic (exact) mass is 491 g/mol. The first kappa shape index (κ1) is 23.3. The average molecular weight is 491 g/mol. The molecular weight excluding hydrogens is 466 g/mol. The van der Waals surface area contributed by atoms with Crippen LogP contribution in [0.1, 0.15) is 19.2 Å². The molecule has 5 heterocycles. The summed E-state index contributed by atoms with van der Waals surface area (Å²) in [6, 6.07) is 4.18. The Morgan fingerprint density at radius 3 is 2.77 bits per heavy atom. The second-order valence-electron chi connectivity index (χ2n) is 8.46. The minimum Gasteiger partial charge on any atom is -0.368 e. The van der Waals surface area contributed by atoms with E-state index in [0.717, 1.165) is 0 Å². The van der Waals surface area contributed by atoms with Crippen molar-refractivity contribution in [3.8, 4) is 11.3 Å². The van der Waals surface area contributed by atoms with E-state index < -0.39 is 31.5 Å². The third-order valence-corrected chi connectivity index (χ3v) is 6.02. The summed E-state index contributed by atoms with van der Waals surface area (Å²) in [7, 11) is 0. The van der Waals surface area contributed by atoms with E-state index in [0.29, 0.717) is 52.7 Å². The summed E-state index contributed by atoms with van der Waals surface area (Å²) in [5.41, 5.74) is 2.68. The van der Waals surface area contributed by atoms with Gasteiger partial charge in [0.2, 0.25) is 5.95 Å². The van der Waals surface area contributed by atoms with E-state index in [1.165, 1.54) is 4.57 Å². The van der Waals surface area contributed by atoms with Crippen molar-refractivity contribution in [3.05, 3.63) is 30.2 Å². The number of alkyl halides is 4. The van der Waals surface area contributed by atoms with Crippen LogP contribution in [0.15, 0.2) is 24.4 Å². The van der Waals surface area contributed by atoms with Crippen LogP contribution in [0.2, 0.25) is 0 Å². The Bertz CT molecular complexity index is 1360. The summed E-state index contributed by atoms with van der Waals surface area (Å²) >= 11 is 0. The second-order valence-corrected chi connectivity index (χ2v) is 8.46. The predicted molar refractivity (Wildman–Crippen MR) is 124 cm³/mol. The number of piperidine rings is 1. The largest absolute Gasteiger partial charge is 0.368 e. The molecule has 1 atom stereocenters. The molecule has 1 saturated heterocycles. The van der Waals surface area contributed by atoms with Crippen LogP contribution in [-0.4, -0.2) is 67.2 Å². The number of aryl methyl sites for hydroxylation is 1. The molecule has 13 heteroatoms. The Kier molecular flexibility index (Phi) is 5.95. The molecule has 0 bridgehead atoms. The number of halogens is 4. The highest BCUT2D eigenvalue weighted by atomic mass is 19.3. The molecule has 0 spiro atoms. The van der Waals surface area contributed by atoms with E-state index in [-0.39, 0.29) is 12.4 Å². The van der Waals surface area contributed by atoms with Gasteiger partial charge >= 0.3 is 0 Å². The standard InChI is InChI=1S/C22H25F4N9/c1-3-28-19-18-13(14-4-5-15-20(30-14)34(10-17(23)24)12(2)29-15)7-9-35(18)33-21(32-19)31-16-6-8-27-11-22(16,25)26/h4-5,7,9,16-17,27H,3,6,8,10-11H2,1-2H3,(H2,28,31,32,33)/t16-/m1/s1. The molecule has 186 valence electrons. The van der Waals surface area contributed by atoms with Crippen LogP contribution in [0.3, 0.4) is 0 Å². The molecule has 0 aliphatic carbocycles. The van der Waals surface area contributed by atoms with E-state index >= 15 is 0 Å². The summed E-state index contributed by atoms with van der Waals surface area (Å²) in [5.74, 6) is -1.96. The highest BCUT2D eigenvalue weighted by Gasteiger charge is 2.42. The molecule has 0 amide bonds. The molecule has 1 fully saturated rings. The molecule has 0 saturated carbocycles. The zero-order valence-electron chi connectivity index (χ0n) is 19.2. The summed E-state index contributed by atoms with van der Waals surface area (Å²) in [6.45, 7) is 3.65. The van der Waals surface area contributed by atoms with E-state index in [1.807, 2.05) is 6.92 Å². The van der Waals surface area contributed by atoms with Crippen LogP contribution in [-0.2, 0) is 6.54 Å². The molecule has 0 aromatic carbocycles. The highest BCUT2D eigenvalue weighted by molar-refractivity contribution is 5.89. The molecule has 5 rings (SSSR count). The first-order valence-corrected chi connectivity index (χ1v) is 11.4. The Morgan fingerprint density at radius 1 is 1.20 bits per heavy atom. The van der Waals surface area contributed by atoms with Crippen molar-refractivity contribution in [2.24, 2.45) is 0 Å². The Labute approximate surface area is 198 Å².